The van der Waals surface area contributed by atoms with Crippen molar-refractivity contribution >= 4 is 46.6 Å². The molecule has 0 saturated carbocycles. The number of benzene rings is 2. The molecule has 3 amide bonds. The first-order chi connectivity index (χ1) is 14.9. The molecule has 2 aromatic rings. The number of thioether (sulfide) groups is 1. The van der Waals surface area contributed by atoms with Gasteiger partial charge in [0.05, 0.1) is 11.4 Å². The highest BCUT2D eigenvalue weighted by Crippen LogP contribution is 2.36. The molecule has 2 aliphatic rings. The number of carbonyl (C=O) groups is 4. The summed E-state index contributed by atoms with van der Waals surface area (Å²) in [4.78, 5) is 53.7. The number of fused-ring (bicyclic) bond motifs is 1. The van der Waals surface area contributed by atoms with Crippen LogP contribution in [0, 0.1) is 0 Å². The number of carbonyl (C=O) groups excluding carboxylic acids is 4. The summed E-state index contributed by atoms with van der Waals surface area (Å²) < 4.78 is 0. The first kappa shape index (κ1) is 21.1. The van der Waals surface area contributed by atoms with Gasteiger partial charge >= 0.3 is 0 Å². The van der Waals surface area contributed by atoms with Crippen LogP contribution in [-0.2, 0) is 9.59 Å². The van der Waals surface area contributed by atoms with Crippen LogP contribution in [0.5, 0.6) is 0 Å². The molecule has 0 spiro atoms. The largest absolute Gasteiger partial charge is 0.339 e. The van der Waals surface area contributed by atoms with Gasteiger partial charge in [0.25, 0.3) is 5.91 Å². The Kier molecular flexibility index (Phi) is 6.08. The van der Waals surface area contributed by atoms with Gasteiger partial charge in [0.1, 0.15) is 6.54 Å². The van der Waals surface area contributed by atoms with Crippen LogP contribution in [0.1, 0.15) is 40.5 Å². The van der Waals surface area contributed by atoms with E-state index in [9.17, 15) is 19.2 Å². The lowest BCUT2D eigenvalue weighted by Gasteiger charge is -2.29. The van der Waals surface area contributed by atoms with Crippen molar-refractivity contribution in [3.63, 3.8) is 0 Å². The minimum Gasteiger partial charge on any atom is -0.339 e. The normalized spacial score (nSPS) is 15.6. The van der Waals surface area contributed by atoms with E-state index in [0.717, 1.165) is 30.8 Å². The van der Waals surface area contributed by atoms with Gasteiger partial charge in [-0.2, -0.15) is 0 Å². The number of nitrogens with one attached hydrogen (secondary N) is 1. The number of amides is 3. The first-order valence-corrected chi connectivity index (χ1v) is 11.2. The van der Waals surface area contributed by atoms with Gasteiger partial charge in [-0.15, -0.1) is 11.8 Å². The molecule has 0 unspecified atom stereocenters. The average Bonchev–Trinajstić information content (AvgIpc) is 3.30. The fourth-order valence-electron chi connectivity index (χ4n) is 3.77. The molecule has 0 aromatic heterocycles. The Bertz CT molecular complexity index is 1060. The van der Waals surface area contributed by atoms with E-state index in [-0.39, 0.29) is 35.8 Å². The lowest BCUT2D eigenvalue weighted by Crippen LogP contribution is -2.41. The maximum absolute atomic E-state index is 12.8. The molecular weight excluding hydrogens is 414 g/mol. The summed E-state index contributed by atoms with van der Waals surface area (Å²) in [5, 5.41) is 2.75. The number of hydrogen-bond donors (Lipinski definition) is 1. The smallest absolute Gasteiger partial charge is 0.253 e. The Balaban J connectivity index is 1.53. The molecule has 2 heterocycles. The predicted octanol–water partition coefficient (Wildman–Crippen LogP) is 3.20. The number of Topliss-reactive ketones (excluding diaryl/α,β-unsaturated/α-hetero) is 1. The van der Waals surface area contributed by atoms with Crippen molar-refractivity contribution in [2.45, 2.75) is 24.7 Å². The van der Waals surface area contributed by atoms with E-state index < -0.39 is 0 Å². The van der Waals surface area contributed by atoms with Gasteiger partial charge in [-0.3, -0.25) is 19.2 Å². The molecule has 1 saturated heterocycles. The average molecular weight is 438 g/mol. The third-order valence-corrected chi connectivity index (χ3v) is 6.44. The molecule has 160 valence electrons. The van der Waals surface area contributed by atoms with Crippen molar-refractivity contribution in [3.05, 3.63) is 53.6 Å². The van der Waals surface area contributed by atoms with E-state index in [0.29, 0.717) is 22.5 Å². The molecule has 0 radical (unpaired) electrons. The van der Waals surface area contributed by atoms with Crippen LogP contribution in [0.3, 0.4) is 0 Å². The second-order valence-corrected chi connectivity index (χ2v) is 8.65. The maximum Gasteiger partial charge on any atom is 0.253 e. The Morgan fingerprint density at radius 2 is 1.81 bits per heavy atom. The molecule has 4 rings (SSSR count). The molecule has 0 aliphatic carbocycles. The summed E-state index contributed by atoms with van der Waals surface area (Å²) in [5.41, 5.74) is 2.10. The Labute approximate surface area is 184 Å². The molecule has 1 N–H and O–H groups in total. The minimum atomic E-state index is -0.372. The van der Waals surface area contributed by atoms with E-state index >= 15 is 0 Å². The SMILES string of the molecule is CC(=O)c1cccc(NC(=O)CN2C(=O)CSc3ccc(C(=O)N4CCCC4)cc32)c1. The lowest BCUT2D eigenvalue weighted by molar-refractivity contribution is -0.120. The van der Waals surface area contributed by atoms with Crippen LogP contribution in [0.4, 0.5) is 11.4 Å². The molecule has 8 heteroatoms. The highest BCUT2D eigenvalue weighted by Gasteiger charge is 2.28. The molecule has 7 nitrogen and oxygen atoms in total. The van der Waals surface area contributed by atoms with Crippen LogP contribution in [-0.4, -0.2) is 53.8 Å². The van der Waals surface area contributed by atoms with Crippen molar-refractivity contribution < 1.29 is 19.2 Å². The summed E-state index contributed by atoms with van der Waals surface area (Å²) in [7, 11) is 0. The first-order valence-electron chi connectivity index (χ1n) is 10.2. The van der Waals surface area contributed by atoms with Crippen molar-refractivity contribution in [2.24, 2.45) is 0 Å². The van der Waals surface area contributed by atoms with E-state index in [2.05, 4.69) is 5.32 Å². The van der Waals surface area contributed by atoms with E-state index in [1.54, 1.807) is 36.4 Å². The van der Waals surface area contributed by atoms with Crippen LogP contribution >= 0.6 is 11.8 Å². The third-order valence-electron chi connectivity index (χ3n) is 5.40. The summed E-state index contributed by atoms with van der Waals surface area (Å²) in [6.45, 7) is 2.78. The Hall–Kier alpha value is -3.13. The summed E-state index contributed by atoms with van der Waals surface area (Å²) >= 11 is 1.40. The second-order valence-electron chi connectivity index (χ2n) is 7.64. The highest BCUT2D eigenvalue weighted by molar-refractivity contribution is 8.00. The second kappa shape index (κ2) is 8.93. The molecule has 31 heavy (non-hydrogen) atoms. The minimum absolute atomic E-state index is 0.0474. The molecule has 0 bridgehead atoms. The molecular formula is C23H23N3O4S. The van der Waals surface area contributed by atoms with Gasteiger partial charge in [0.15, 0.2) is 5.78 Å². The number of nitrogens with zero attached hydrogens (tertiary/aromatic N) is 2. The Morgan fingerprint density at radius 3 is 2.55 bits per heavy atom. The summed E-state index contributed by atoms with van der Waals surface area (Å²) in [6, 6.07) is 12.0. The summed E-state index contributed by atoms with van der Waals surface area (Å²) in [5.74, 6) is -0.462. The number of hydrogen-bond acceptors (Lipinski definition) is 5. The molecule has 1 fully saturated rings. The Morgan fingerprint density at radius 1 is 1.03 bits per heavy atom. The zero-order chi connectivity index (χ0) is 22.0. The molecule has 0 atom stereocenters. The zero-order valence-corrected chi connectivity index (χ0v) is 18.0. The van der Waals surface area contributed by atoms with Gasteiger partial charge in [-0.25, -0.2) is 0 Å². The fraction of sp³-hybridized carbons (Fsp3) is 0.304. The zero-order valence-electron chi connectivity index (χ0n) is 17.2. The molecule has 2 aromatic carbocycles. The lowest BCUT2D eigenvalue weighted by atomic mass is 10.1. The van der Waals surface area contributed by atoms with Crippen LogP contribution in [0.15, 0.2) is 47.4 Å². The standard InChI is InChI=1S/C23H23N3O4S/c1-15(27)16-5-4-6-18(11-16)24-21(28)13-26-19-12-17(23(30)25-9-2-3-10-25)7-8-20(19)31-14-22(26)29/h4-8,11-12H,2-3,9-10,13-14H2,1H3,(H,24,28). The number of likely N-dealkylation sites (tertiary alicyclic amines) is 1. The van der Waals surface area contributed by atoms with E-state index in [1.807, 2.05) is 11.0 Å². The van der Waals surface area contributed by atoms with Gasteiger partial charge in [0.2, 0.25) is 11.8 Å². The van der Waals surface area contributed by atoms with Crippen LogP contribution in [0.25, 0.3) is 0 Å². The van der Waals surface area contributed by atoms with Crippen LogP contribution in [0.2, 0.25) is 0 Å². The third kappa shape index (κ3) is 4.64. The quantitative estimate of drug-likeness (QED) is 0.726. The highest BCUT2D eigenvalue weighted by atomic mass is 32.2. The van der Waals surface area contributed by atoms with Crippen LogP contribution < -0.4 is 10.2 Å². The van der Waals surface area contributed by atoms with E-state index in [4.69, 9.17) is 0 Å². The van der Waals surface area contributed by atoms with Crippen molar-refractivity contribution in [1.82, 2.24) is 4.90 Å². The van der Waals surface area contributed by atoms with E-state index in [1.165, 1.54) is 23.6 Å². The number of ketones is 1. The van der Waals surface area contributed by atoms with Crippen molar-refractivity contribution in [1.29, 1.82) is 0 Å². The number of anilines is 2. The monoisotopic (exact) mass is 437 g/mol. The number of rotatable bonds is 5. The fourth-order valence-corrected chi connectivity index (χ4v) is 4.69. The maximum atomic E-state index is 12.8. The summed E-state index contributed by atoms with van der Waals surface area (Å²) in [6.07, 6.45) is 2.00. The van der Waals surface area contributed by atoms with Crippen molar-refractivity contribution in [3.8, 4) is 0 Å². The van der Waals surface area contributed by atoms with Gasteiger partial charge in [-0.1, -0.05) is 12.1 Å². The van der Waals surface area contributed by atoms with Crippen molar-refractivity contribution in [2.75, 3.05) is 35.6 Å². The van der Waals surface area contributed by atoms with Gasteiger partial charge in [0, 0.05) is 34.8 Å². The predicted molar refractivity (Wildman–Crippen MR) is 120 cm³/mol. The molecule has 2 aliphatic heterocycles. The van der Waals surface area contributed by atoms with Gasteiger partial charge < -0.3 is 15.1 Å². The topological polar surface area (TPSA) is 86.8 Å². The van der Waals surface area contributed by atoms with Gasteiger partial charge in [-0.05, 0) is 50.1 Å².